The van der Waals surface area contributed by atoms with Gasteiger partial charge in [-0.05, 0) is 91.8 Å². The molecule has 46 heavy (non-hydrogen) atoms. The SMILES string of the molecule is B[C@H]1CC(N[PH](=O)OCC(O)CNC(=O)OC2CCC3(C)C(=CCC4C3CCC3(C)C(C(C)CCCCC)CCC43)C2)[C@@H](CO)O1. The van der Waals surface area contributed by atoms with Crippen molar-refractivity contribution in [1.82, 2.24) is 10.4 Å². The monoisotopic (exact) mass is 664 g/mol. The highest BCUT2D eigenvalue weighted by atomic mass is 31.1. The molecule has 0 aromatic heterocycles. The lowest BCUT2D eigenvalue weighted by Crippen LogP contribution is -2.51. The third-order valence-electron chi connectivity index (χ3n) is 13.2. The molecule has 1 aliphatic heterocycles. The summed E-state index contributed by atoms with van der Waals surface area (Å²) in [5, 5.41) is 25.3. The molecule has 0 spiro atoms. The van der Waals surface area contributed by atoms with Gasteiger partial charge in [0.15, 0.2) is 0 Å². The van der Waals surface area contributed by atoms with Gasteiger partial charge in [-0.15, -0.1) is 0 Å². The predicted octanol–water partition coefficient (Wildman–Crippen LogP) is 5.34. The molecule has 11 heteroatoms. The van der Waals surface area contributed by atoms with E-state index in [4.69, 9.17) is 14.0 Å². The number of amides is 1. The second-order valence-electron chi connectivity index (χ2n) is 16.0. The van der Waals surface area contributed by atoms with Crippen molar-refractivity contribution in [3.63, 3.8) is 0 Å². The summed E-state index contributed by atoms with van der Waals surface area (Å²) in [6, 6.07) is -0.298. The minimum Gasteiger partial charge on any atom is -0.446 e. The van der Waals surface area contributed by atoms with Crippen molar-refractivity contribution in [1.29, 1.82) is 0 Å². The van der Waals surface area contributed by atoms with Crippen molar-refractivity contribution in [2.45, 2.75) is 142 Å². The van der Waals surface area contributed by atoms with Gasteiger partial charge in [0.1, 0.15) is 14.0 Å². The van der Waals surface area contributed by atoms with Crippen LogP contribution in [0.25, 0.3) is 0 Å². The Bertz CT molecular complexity index is 1100. The van der Waals surface area contributed by atoms with E-state index in [2.05, 4.69) is 44.2 Å². The Morgan fingerprint density at radius 3 is 2.76 bits per heavy atom. The fourth-order valence-corrected chi connectivity index (χ4v) is 11.8. The van der Waals surface area contributed by atoms with Crippen molar-refractivity contribution in [3.8, 4) is 0 Å². The first-order valence-corrected chi connectivity index (χ1v) is 19.8. The number of hydrogen-bond donors (Lipinski definition) is 4. The maximum absolute atomic E-state index is 12.7. The van der Waals surface area contributed by atoms with E-state index in [9.17, 15) is 19.6 Å². The number of carbonyl (C=O) groups excluding carboxylic acids is 1. The highest BCUT2D eigenvalue weighted by Crippen LogP contribution is 2.67. The first-order valence-electron chi connectivity index (χ1n) is 18.5. The molecule has 1 heterocycles. The summed E-state index contributed by atoms with van der Waals surface area (Å²) in [5.41, 5.74) is 2.17. The molecule has 4 aliphatic carbocycles. The molecule has 9 nitrogen and oxygen atoms in total. The van der Waals surface area contributed by atoms with E-state index in [1.807, 2.05) is 7.85 Å². The highest BCUT2D eigenvalue weighted by Gasteiger charge is 2.59. The van der Waals surface area contributed by atoms with Crippen LogP contribution in [0.5, 0.6) is 0 Å². The van der Waals surface area contributed by atoms with Crippen LogP contribution in [0, 0.1) is 40.4 Å². The average molecular weight is 665 g/mol. The maximum atomic E-state index is 12.7. The smallest absolute Gasteiger partial charge is 0.407 e. The largest absolute Gasteiger partial charge is 0.446 e. The van der Waals surface area contributed by atoms with Crippen LogP contribution in [-0.2, 0) is 18.6 Å². The Hall–Kier alpha value is -0.895. The molecular formula is C35H62BN2O7P. The van der Waals surface area contributed by atoms with Gasteiger partial charge in [0.2, 0.25) is 0 Å². The van der Waals surface area contributed by atoms with E-state index in [-0.39, 0.29) is 43.3 Å². The van der Waals surface area contributed by atoms with Gasteiger partial charge in [-0.2, -0.15) is 0 Å². The van der Waals surface area contributed by atoms with Crippen molar-refractivity contribution in [3.05, 3.63) is 11.6 Å². The number of aliphatic hydroxyl groups excluding tert-OH is 2. The van der Waals surface area contributed by atoms with Crippen LogP contribution < -0.4 is 10.4 Å². The molecule has 262 valence electrons. The van der Waals surface area contributed by atoms with Crippen molar-refractivity contribution >= 4 is 22.1 Å². The zero-order chi connectivity index (χ0) is 33.1. The number of alkyl carbamates (subject to hydrolysis) is 1. The summed E-state index contributed by atoms with van der Waals surface area (Å²) in [4.78, 5) is 12.7. The molecule has 4 fully saturated rings. The standard InChI is InChI=1S/C35H62BN2O7P/c1-5-6-7-8-22(2)27-11-12-28-26-10-9-23-17-25(13-15-34(23,3)29(26)14-16-35(27,28)4)44-33(41)37-19-24(40)21-43-46(42)38-30-18-32(36)45-31(30)20-39/h9,22,24-32,39-40,46H,5-8,10-21,36H2,1-4H3,(H,37,41)(H,38,42)/t22?,24?,25?,26?,27?,28?,29?,30?,31-,32-,34?,35?/m1/s1. The summed E-state index contributed by atoms with van der Waals surface area (Å²) in [6.45, 7) is 9.58. The van der Waals surface area contributed by atoms with Gasteiger partial charge in [0.05, 0.1) is 25.4 Å². The van der Waals surface area contributed by atoms with Crippen LogP contribution in [0.3, 0.4) is 0 Å². The highest BCUT2D eigenvalue weighted by molar-refractivity contribution is 7.36. The average Bonchev–Trinajstić information content (AvgIpc) is 3.57. The molecule has 3 saturated carbocycles. The van der Waals surface area contributed by atoms with Crippen LogP contribution in [0.1, 0.15) is 111 Å². The predicted molar refractivity (Wildman–Crippen MR) is 184 cm³/mol. The number of allylic oxidation sites excluding steroid dienone is 1. The molecule has 1 saturated heterocycles. The zero-order valence-corrected chi connectivity index (χ0v) is 30.1. The Morgan fingerprint density at radius 1 is 1.20 bits per heavy atom. The summed E-state index contributed by atoms with van der Waals surface area (Å²) in [7, 11) is -0.741. The number of hydrogen-bond acceptors (Lipinski definition) is 7. The van der Waals surface area contributed by atoms with Gasteiger partial charge >= 0.3 is 6.09 Å². The number of fused-ring (bicyclic) bond motifs is 5. The van der Waals surface area contributed by atoms with Crippen molar-refractivity contribution in [2.75, 3.05) is 19.8 Å². The number of carbonyl (C=O) groups is 1. The van der Waals surface area contributed by atoms with Crippen LogP contribution in [0.2, 0.25) is 0 Å². The molecular weight excluding hydrogens is 602 g/mol. The molecule has 0 aromatic carbocycles. The lowest BCUT2D eigenvalue weighted by Gasteiger charge is -2.58. The Morgan fingerprint density at radius 2 is 2.00 bits per heavy atom. The van der Waals surface area contributed by atoms with Crippen LogP contribution in [-0.4, -0.2) is 74.3 Å². The number of unbranched alkanes of at least 4 members (excludes halogenated alkanes) is 2. The van der Waals surface area contributed by atoms with Crippen LogP contribution in [0.15, 0.2) is 11.6 Å². The van der Waals surface area contributed by atoms with E-state index in [1.165, 1.54) is 63.4 Å². The van der Waals surface area contributed by atoms with E-state index >= 15 is 0 Å². The van der Waals surface area contributed by atoms with E-state index < -0.39 is 26.5 Å². The zero-order valence-electron chi connectivity index (χ0n) is 29.1. The molecule has 0 bridgehead atoms. The third kappa shape index (κ3) is 7.94. The lowest BCUT2D eigenvalue weighted by molar-refractivity contribution is -0.0581. The number of aliphatic hydroxyl groups is 2. The van der Waals surface area contributed by atoms with Gasteiger partial charge < -0.3 is 29.5 Å². The molecule has 5 rings (SSSR count). The normalized spacial score (nSPS) is 40.6. The fourth-order valence-electron chi connectivity index (χ4n) is 10.7. The fraction of sp³-hybridized carbons (Fsp3) is 0.914. The summed E-state index contributed by atoms with van der Waals surface area (Å²) < 4.78 is 29.1. The minimum atomic E-state index is -2.64. The molecule has 11 unspecified atom stereocenters. The topological polar surface area (TPSA) is 126 Å². The van der Waals surface area contributed by atoms with Gasteiger partial charge in [-0.3, -0.25) is 4.57 Å². The minimum absolute atomic E-state index is 0.0353. The summed E-state index contributed by atoms with van der Waals surface area (Å²) in [5.74, 6) is 4.05. The van der Waals surface area contributed by atoms with Crippen molar-refractivity contribution in [2.24, 2.45) is 40.4 Å². The molecule has 13 atom stereocenters. The number of ether oxygens (including phenoxy) is 2. The van der Waals surface area contributed by atoms with E-state index in [1.54, 1.807) is 0 Å². The first-order chi connectivity index (χ1) is 22.0. The van der Waals surface area contributed by atoms with Gasteiger partial charge in [0, 0.05) is 25.0 Å². The van der Waals surface area contributed by atoms with E-state index in [0.717, 1.165) is 48.9 Å². The maximum Gasteiger partial charge on any atom is 0.407 e. The molecule has 5 aliphatic rings. The van der Waals surface area contributed by atoms with E-state index in [0.29, 0.717) is 11.8 Å². The Kier molecular flexibility index (Phi) is 12.5. The van der Waals surface area contributed by atoms with Gasteiger partial charge in [-0.1, -0.05) is 65.0 Å². The van der Waals surface area contributed by atoms with Crippen molar-refractivity contribution < 1.29 is 33.6 Å². The van der Waals surface area contributed by atoms with Crippen LogP contribution in [0.4, 0.5) is 4.79 Å². The molecule has 0 radical (unpaired) electrons. The molecule has 1 amide bonds. The first kappa shape index (κ1) is 36.4. The van der Waals surface area contributed by atoms with Gasteiger partial charge in [0.25, 0.3) is 8.18 Å². The number of nitrogens with one attached hydrogen (secondary N) is 2. The quantitative estimate of drug-likeness (QED) is 0.0849. The summed E-state index contributed by atoms with van der Waals surface area (Å²) >= 11 is 0. The Labute approximate surface area is 279 Å². The summed E-state index contributed by atoms with van der Waals surface area (Å²) in [6.07, 6.45) is 15.8. The second kappa shape index (κ2) is 15.8. The second-order valence-corrected chi connectivity index (χ2v) is 17.2. The lowest BCUT2D eigenvalue weighted by atomic mass is 9.47. The Balaban J connectivity index is 1.06. The molecule has 4 N–H and O–H groups in total. The molecule has 0 aromatic rings. The number of rotatable bonds is 14. The van der Waals surface area contributed by atoms with Gasteiger partial charge in [-0.25, -0.2) is 9.88 Å². The van der Waals surface area contributed by atoms with Crippen LogP contribution >= 0.6 is 8.18 Å². The third-order valence-corrected chi connectivity index (χ3v) is 14.2.